The second-order valence-electron chi connectivity index (χ2n) is 4.62. The van der Waals surface area contributed by atoms with E-state index in [-0.39, 0.29) is 5.97 Å². The van der Waals surface area contributed by atoms with E-state index in [0.717, 1.165) is 0 Å². The molecule has 0 spiro atoms. The zero-order valence-corrected chi connectivity index (χ0v) is 11.4. The standard InChI is InChI=1S/C12H16O4Si/c1-9(13)15-11-7-5-6-10(8-11)12(14)16-17(2,3)4/h5-8H,1-4H3. The Kier molecular flexibility index (Phi) is 4.06. The van der Waals surface area contributed by atoms with Gasteiger partial charge < -0.3 is 9.16 Å². The van der Waals surface area contributed by atoms with Crippen LogP contribution in [0.3, 0.4) is 0 Å². The molecule has 0 bridgehead atoms. The third kappa shape index (κ3) is 4.82. The minimum Gasteiger partial charge on any atom is -0.516 e. The van der Waals surface area contributed by atoms with Crippen LogP contribution in [0.5, 0.6) is 5.75 Å². The Bertz CT molecular complexity index is 434. The number of benzene rings is 1. The molecule has 92 valence electrons. The quantitative estimate of drug-likeness (QED) is 0.471. The van der Waals surface area contributed by atoms with E-state index in [4.69, 9.17) is 9.16 Å². The Balaban J connectivity index is 2.84. The van der Waals surface area contributed by atoms with Crippen molar-refractivity contribution in [2.75, 3.05) is 0 Å². The summed E-state index contributed by atoms with van der Waals surface area (Å²) in [6, 6.07) is 6.41. The van der Waals surface area contributed by atoms with Crippen molar-refractivity contribution < 1.29 is 18.8 Å². The largest absolute Gasteiger partial charge is 0.516 e. The van der Waals surface area contributed by atoms with Gasteiger partial charge >= 0.3 is 11.9 Å². The molecule has 0 amide bonds. The average Bonchev–Trinajstić information content (AvgIpc) is 2.14. The molecule has 0 atom stereocenters. The van der Waals surface area contributed by atoms with Crippen LogP contribution in [-0.2, 0) is 9.22 Å². The van der Waals surface area contributed by atoms with Crippen LogP contribution in [-0.4, -0.2) is 20.3 Å². The summed E-state index contributed by atoms with van der Waals surface area (Å²) in [6.45, 7) is 7.11. The normalized spacial score (nSPS) is 10.8. The van der Waals surface area contributed by atoms with Gasteiger partial charge in [0.2, 0.25) is 8.32 Å². The van der Waals surface area contributed by atoms with Gasteiger partial charge in [0.05, 0.1) is 5.56 Å². The van der Waals surface area contributed by atoms with E-state index in [2.05, 4.69) is 0 Å². The number of esters is 1. The second-order valence-corrected chi connectivity index (χ2v) is 9.05. The number of carbonyl (C=O) groups is 2. The lowest BCUT2D eigenvalue weighted by Gasteiger charge is -2.17. The summed E-state index contributed by atoms with van der Waals surface area (Å²) in [4.78, 5) is 22.6. The minimum absolute atomic E-state index is 0.350. The maximum atomic E-state index is 11.8. The first-order chi connectivity index (χ1) is 7.78. The highest BCUT2D eigenvalue weighted by molar-refractivity contribution is 6.71. The molecule has 0 aliphatic rings. The van der Waals surface area contributed by atoms with Crippen LogP contribution in [0.15, 0.2) is 24.3 Å². The summed E-state index contributed by atoms with van der Waals surface area (Å²) in [5, 5.41) is 0. The lowest BCUT2D eigenvalue weighted by atomic mass is 10.2. The first-order valence-electron chi connectivity index (χ1n) is 5.30. The van der Waals surface area contributed by atoms with Crippen molar-refractivity contribution in [3.8, 4) is 5.75 Å². The van der Waals surface area contributed by atoms with E-state index in [1.807, 2.05) is 19.6 Å². The molecule has 0 saturated carbocycles. The van der Waals surface area contributed by atoms with Crippen LogP contribution in [0, 0.1) is 0 Å². The van der Waals surface area contributed by atoms with Crippen LogP contribution < -0.4 is 4.74 Å². The Morgan fingerprint density at radius 3 is 2.35 bits per heavy atom. The van der Waals surface area contributed by atoms with Crippen molar-refractivity contribution in [1.82, 2.24) is 0 Å². The average molecular weight is 252 g/mol. The molecule has 0 fully saturated rings. The summed E-state index contributed by atoms with van der Waals surface area (Å²) in [6.07, 6.45) is 0. The van der Waals surface area contributed by atoms with Gasteiger partial charge in [-0.3, -0.25) is 4.79 Å². The molecule has 1 aromatic carbocycles. The van der Waals surface area contributed by atoms with Crippen LogP contribution in [0.25, 0.3) is 0 Å². The lowest BCUT2D eigenvalue weighted by molar-refractivity contribution is -0.131. The molecule has 1 rings (SSSR count). The Morgan fingerprint density at radius 1 is 1.18 bits per heavy atom. The third-order valence-corrected chi connectivity index (χ3v) is 2.53. The molecule has 4 nitrogen and oxygen atoms in total. The molecule has 1 aromatic rings. The van der Waals surface area contributed by atoms with Gasteiger partial charge in [-0.15, -0.1) is 0 Å². The highest BCUT2D eigenvalue weighted by Crippen LogP contribution is 2.16. The number of hydrogen-bond donors (Lipinski definition) is 0. The van der Waals surface area contributed by atoms with E-state index >= 15 is 0 Å². The molecular weight excluding hydrogens is 236 g/mol. The summed E-state index contributed by atoms with van der Waals surface area (Å²) in [7, 11) is -1.91. The van der Waals surface area contributed by atoms with Crippen molar-refractivity contribution >= 4 is 20.3 Å². The van der Waals surface area contributed by atoms with Gasteiger partial charge in [0.1, 0.15) is 5.75 Å². The number of rotatable bonds is 3. The lowest BCUT2D eigenvalue weighted by Crippen LogP contribution is -2.29. The van der Waals surface area contributed by atoms with Crippen LogP contribution in [0.4, 0.5) is 0 Å². The fourth-order valence-electron chi connectivity index (χ4n) is 1.19. The predicted octanol–water partition coefficient (Wildman–Crippen LogP) is 2.60. The first-order valence-corrected chi connectivity index (χ1v) is 8.70. The highest BCUT2D eigenvalue weighted by Gasteiger charge is 2.21. The summed E-state index contributed by atoms with van der Waals surface area (Å²) in [5.74, 6) is -0.443. The zero-order chi connectivity index (χ0) is 13.1. The molecule has 0 N–H and O–H groups in total. The zero-order valence-electron chi connectivity index (χ0n) is 10.4. The van der Waals surface area contributed by atoms with Gasteiger partial charge in [-0.25, -0.2) is 4.79 Å². The topological polar surface area (TPSA) is 52.6 Å². The van der Waals surface area contributed by atoms with Crippen molar-refractivity contribution in [3.63, 3.8) is 0 Å². The van der Waals surface area contributed by atoms with E-state index in [1.165, 1.54) is 13.0 Å². The smallest absolute Gasteiger partial charge is 0.324 e. The van der Waals surface area contributed by atoms with Crippen molar-refractivity contribution in [3.05, 3.63) is 29.8 Å². The van der Waals surface area contributed by atoms with E-state index in [9.17, 15) is 9.59 Å². The maximum absolute atomic E-state index is 11.8. The monoisotopic (exact) mass is 252 g/mol. The molecule has 0 saturated heterocycles. The molecule has 0 heterocycles. The molecular formula is C12H16O4Si. The fraction of sp³-hybridized carbons (Fsp3) is 0.333. The summed E-state index contributed by atoms with van der Waals surface area (Å²) < 4.78 is 10.2. The van der Waals surface area contributed by atoms with Gasteiger partial charge in [0.15, 0.2) is 0 Å². The van der Waals surface area contributed by atoms with E-state index < -0.39 is 14.3 Å². The van der Waals surface area contributed by atoms with Gasteiger partial charge in [-0.2, -0.15) is 0 Å². The van der Waals surface area contributed by atoms with E-state index in [0.29, 0.717) is 11.3 Å². The molecule has 0 aliphatic carbocycles. The van der Waals surface area contributed by atoms with Crippen molar-refractivity contribution in [1.29, 1.82) is 0 Å². The maximum Gasteiger partial charge on any atom is 0.324 e. The summed E-state index contributed by atoms with van der Waals surface area (Å²) in [5.41, 5.74) is 0.395. The molecule has 0 aliphatic heterocycles. The Morgan fingerprint density at radius 2 is 1.82 bits per heavy atom. The van der Waals surface area contributed by atoms with Crippen LogP contribution in [0.2, 0.25) is 19.6 Å². The predicted molar refractivity (Wildman–Crippen MR) is 66.5 cm³/mol. The molecule has 17 heavy (non-hydrogen) atoms. The van der Waals surface area contributed by atoms with E-state index in [1.54, 1.807) is 18.2 Å². The minimum atomic E-state index is -1.91. The number of ether oxygens (including phenoxy) is 1. The van der Waals surface area contributed by atoms with Gasteiger partial charge in [-0.1, -0.05) is 6.07 Å². The number of carbonyl (C=O) groups excluding carboxylic acids is 2. The molecule has 5 heteroatoms. The number of hydrogen-bond acceptors (Lipinski definition) is 4. The Labute approximate surface area is 102 Å². The third-order valence-electron chi connectivity index (χ3n) is 1.73. The summed E-state index contributed by atoms with van der Waals surface area (Å²) >= 11 is 0. The van der Waals surface area contributed by atoms with Crippen molar-refractivity contribution in [2.24, 2.45) is 0 Å². The molecule has 0 radical (unpaired) electrons. The molecule has 0 unspecified atom stereocenters. The second kappa shape index (κ2) is 5.14. The van der Waals surface area contributed by atoms with Gasteiger partial charge in [-0.05, 0) is 37.8 Å². The van der Waals surface area contributed by atoms with Gasteiger partial charge in [0.25, 0.3) is 0 Å². The first kappa shape index (κ1) is 13.4. The SMILES string of the molecule is CC(=O)Oc1cccc(C(=O)O[Si](C)(C)C)c1. The fourth-order valence-corrected chi connectivity index (χ4v) is 1.86. The van der Waals surface area contributed by atoms with Crippen LogP contribution >= 0.6 is 0 Å². The Hall–Kier alpha value is -1.62. The highest BCUT2D eigenvalue weighted by atomic mass is 28.4. The van der Waals surface area contributed by atoms with Crippen molar-refractivity contribution in [2.45, 2.75) is 26.6 Å². The molecule has 0 aromatic heterocycles. The van der Waals surface area contributed by atoms with Crippen LogP contribution in [0.1, 0.15) is 17.3 Å². The van der Waals surface area contributed by atoms with Gasteiger partial charge in [0, 0.05) is 6.92 Å².